The lowest BCUT2D eigenvalue weighted by molar-refractivity contribution is 0.575. The Kier molecular flexibility index (Phi) is 3.93. The molecule has 2 heterocycles. The van der Waals surface area contributed by atoms with Crippen LogP contribution in [0.3, 0.4) is 0 Å². The molecule has 0 spiro atoms. The summed E-state index contributed by atoms with van der Waals surface area (Å²) in [5, 5.41) is 8.10. The predicted octanol–water partition coefficient (Wildman–Crippen LogP) is 3.79. The van der Waals surface area contributed by atoms with Crippen LogP contribution in [-0.4, -0.2) is 22.4 Å². The number of halogens is 1. The van der Waals surface area contributed by atoms with Crippen molar-refractivity contribution >= 4 is 27.3 Å². The summed E-state index contributed by atoms with van der Waals surface area (Å²) in [7, 11) is 0. The van der Waals surface area contributed by atoms with E-state index in [0.29, 0.717) is 6.04 Å². The average molecular weight is 349 g/mol. The van der Waals surface area contributed by atoms with Crippen molar-refractivity contribution in [1.29, 1.82) is 0 Å². The number of aryl methyl sites for hydroxylation is 2. The maximum absolute atomic E-state index is 4.60. The van der Waals surface area contributed by atoms with Gasteiger partial charge < -0.3 is 10.2 Å². The fourth-order valence-corrected chi connectivity index (χ4v) is 3.31. The first-order chi connectivity index (χ1) is 10.1. The third-order valence-electron chi connectivity index (χ3n) is 4.11. The number of para-hydroxylation sites is 2. The van der Waals surface area contributed by atoms with Crippen molar-refractivity contribution < 1.29 is 0 Å². The number of aromatic nitrogens is 2. The number of anilines is 2. The molecule has 4 nitrogen and oxygen atoms in total. The fraction of sp³-hybridized carbons (Fsp3) is 0.438. The van der Waals surface area contributed by atoms with E-state index in [2.05, 4.69) is 81.0 Å². The van der Waals surface area contributed by atoms with E-state index in [-0.39, 0.29) is 0 Å². The number of hydrogen-bond donors (Lipinski definition) is 1. The summed E-state index contributed by atoms with van der Waals surface area (Å²) in [6.45, 7) is 9.18. The minimum Gasteiger partial charge on any atom is -0.381 e. The quantitative estimate of drug-likeness (QED) is 0.915. The van der Waals surface area contributed by atoms with Crippen LogP contribution in [0.1, 0.15) is 25.2 Å². The number of hydrogen-bond acceptors (Lipinski definition) is 3. The molecule has 1 aliphatic rings. The Bertz CT molecular complexity index is 650. The van der Waals surface area contributed by atoms with Gasteiger partial charge in [-0.05, 0) is 48.8 Å². The molecule has 2 aromatic rings. The summed E-state index contributed by atoms with van der Waals surface area (Å²) in [6.07, 6.45) is 0. The number of nitrogens with zero attached hydrogens (tertiary/aromatic N) is 3. The molecule has 0 amide bonds. The second kappa shape index (κ2) is 5.72. The highest BCUT2D eigenvalue weighted by Crippen LogP contribution is 2.33. The lowest BCUT2D eigenvalue weighted by Crippen LogP contribution is -2.42. The SMILES string of the molecule is CCn1nc(C)c(Br)c1CN1c2ccccc2NCC1C. The minimum atomic E-state index is 0.451. The van der Waals surface area contributed by atoms with Gasteiger partial charge in [-0.25, -0.2) is 0 Å². The van der Waals surface area contributed by atoms with Gasteiger partial charge in [0.05, 0.1) is 33.8 Å². The zero-order chi connectivity index (χ0) is 15.0. The average Bonchev–Trinajstić information content (AvgIpc) is 2.77. The van der Waals surface area contributed by atoms with Crippen molar-refractivity contribution in [3.05, 3.63) is 40.1 Å². The summed E-state index contributed by atoms with van der Waals surface area (Å²) in [5.41, 5.74) is 4.79. The Morgan fingerprint density at radius 3 is 2.90 bits per heavy atom. The molecule has 21 heavy (non-hydrogen) atoms. The second-order valence-electron chi connectivity index (χ2n) is 5.54. The first-order valence-electron chi connectivity index (χ1n) is 7.43. The maximum atomic E-state index is 4.60. The molecule has 1 aromatic carbocycles. The second-order valence-corrected chi connectivity index (χ2v) is 6.33. The van der Waals surface area contributed by atoms with Gasteiger partial charge in [0.25, 0.3) is 0 Å². The minimum absolute atomic E-state index is 0.451. The topological polar surface area (TPSA) is 33.1 Å². The molecule has 0 radical (unpaired) electrons. The van der Waals surface area contributed by atoms with Crippen LogP contribution in [0, 0.1) is 6.92 Å². The standard InChI is InChI=1S/C16H21BrN4/c1-4-21-15(16(17)12(3)19-21)10-20-11(2)9-18-13-7-5-6-8-14(13)20/h5-8,11,18H,4,9-10H2,1-3H3. The van der Waals surface area contributed by atoms with Gasteiger partial charge in [0.15, 0.2) is 0 Å². The fourth-order valence-electron chi connectivity index (χ4n) is 2.90. The summed E-state index contributed by atoms with van der Waals surface area (Å²) in [4.78, 5) is 2.46. The van der Waals surface area contributed by atoms with Crippen LogP contribution in [0.5, 0.6) is 0 Å². The van der Waals surface area contributed by atoms with Crippen LogP contribution < -0.4 is 10.2 Å². The van der Waals surface area contributed by atoms with Crippen LogP contribution in [0.2, 0.25) is 0 Å². The van der Waals surface area contributed by atoms with E-state index in [9.17, 15) is 0 Å². The normalized spacial score (nSPS) is 17.5. The summed E-state index contributed by atoms with van der Waals surface area (Å²) >= 11 is 3.70. The van der Waals surface area contributed by atoms with Crippen molar-refractivity contribution in [2.75, 3.05) is 16.8 Å². The van der Waals surface area contributed by atoms with E-state index < -0.39 is 0 Å². The number of fused-ring (bicyclic) bond motifs is 1. The molecule has 0 saturated heterocycles. The van der Waals surface area contributed by atoms with Crippen molar-refractivity contribution in [3.63, 3.8) is 0 Å². The third-order valence-corrected chi connectivity index (χ3v) is 5.14. The highest BCUT2D eigenvalue weighted by Gasteiger charge is 2.25. The van der Waals surface area contributed by atoms with Crippen molar-refractivity contribution in [1.82, 2.24) is 9.78 Å². The lowest BCUT2D eigenvalue weighted by atomic mass is 10.1. The Balaban J connectivity index is 1.98. The van der Waals surface area contributed by atoms with Gasteiger partial charge in [-0.15, -0.1) is 0 Å². The summed E-state index contributed by atoms with van der Waals surface area (Å²) in [5.74, 6) is 0. The molecular formula is C16H21BrN4. The van der Waals surface area contributed by atoms with E-state index in [1.807, 2.05) is 0 Å². The summed E-state index contributed by atoms with van der Waals surface area (Å²) in [6, 6.07) is 8.96. The molecule has 1 atom stereocenters. The molecule has 112 valence electrons. The molecule has 1 aliphatic heterocycles. The Morgan fingerprint density at radius 1 is 1.38 bits per heavy atom. The van der Waals surface area contributed by atoms with Crippen LogP contribution in [0.25, 0.3) is 0 Å². The molecule has 3 rings (SSSR count). The molecule has 0 fully saturated rings. The van der Waals surface area contributed by atoms with Crippen LogP contribution in [-0.2, 0) is 13.1 Å². The van der Waals surface area contributed by atoms with E-state index in [1.54, 1.807) is 0 Å². The van der Waals surface area contributed by atoms with Gasteiger partial charge in [-0.1, -0.05) is 12.1 Å². The first-order valence-corrected chi connectivity index (χ1v) is 8.22. The lowest BCUT2D eigenvalue weighted by Gasteiger charge is -2.37. The van der Waals surface area contributed by atoms with Crippen molar-refractivity contribution in [2.24, 2.45) is 0 Å². The van der Waals surface area contributed by atoms with Gasteiger partial charge in [-0.3, -0.25) is 4.68 Å². The van der Waals surface area contributed by atoms with Crippen LogP contribution in [0.15, 0.2) is 28.7 Å². The molecule has 1 unspecified atom stereocenters. The van der Waals surface area contributed by atoms with Crippen LogP contribution >= 0.6 is 15.9 Å². The Labute approximate surface area is 134 Å². The zero-order valence-corrected chi connectivity index (χ0v) is 14.3. The largest absolute Gasteiger partial charge is 0.381 e. The highest BCUT2D eigenvalue weighted by atomic mass is 79.9. The number of rotatable bonds is 3. The van der Waals surface area contributed by atoms with E-state index in [0.717, 1.165) is 29.8 Å². The molecule has 5 heteroatoms. The molecule has 1 aromatic heterocycles. The van der Waals surface area contributed by atoms with Crippen molar-refractivity contribution in [2.45, 2.75) is 39.9 Å². The van der Waals surface area contributed by atoms with E-state index in [4.69, 9.17) is 0 Å². The Hall–Kier alpha value is -1.49. The van der Waals surface area contributed by atoms with Gasteiger partial charge in [0.1, 0.15) is 0 Å². The Morgan fingerprint density at radius 2 is 2.14 bits per heavy atom. The molecule has 1 N–H and O–H groups in total. The smallest absolute Gasteiger partial charge is 0.0739 e. The maximum Gasteiger partial charge on any atom is 0.0739 e. The zero-order valence-electron chi connectivity index (χ0n) is 12.7. The molecular weight excluding hydrogens is 328 g/mol. The van der Waals surface area contributed by atoms with Crippen LogP contribution in [0.4, 0.5) is 11.4 Å². The van der Waals surface area contributed by atoms with Gasteiger partial charge >= 0.3 is 0 Å². The van der Waals surface area contributed by atoms with Crippen molar-refractivity contribution in [3.8, 4) is 0 Å². The third kappa shape index (κ3) is 2.55. The highest BCUT2D eigenvalue weighted by molar-refractivity contribution is 9.10. The monoisotopic (exact) mass is 348 g/mol. The first kappa shape index (κ1) is 14.4. The van der Waals surface area contributed by atoms with Gasteiger partial charge in [0.2, 0.25) is 0 Å². The number of benzene rings is 1. The summed E-state index contributed by atoms with van der Waals surface area (Å²) < 4.78 is 3.23. The molecule has 0 bridgehead atoms. The van der Waals surface area contributed by atoms with E-state index in [1.165, 1.54) is 17.1 Å². The molecule has 0 aliphatic carbocycles. The van der Waals surface area contributed by atoms with Gasteiger partial charge in [-0.2, -0.15) is 5.10 Å². The number of nitrogens with one attached hydrogen (secondary N) is 1. The van der Waals surface area contributed by atoms with Gasteiger partial charge in [0, 0.05) is 19.1 Å². The predicted molar refractivity (Wildman–Crippen MR) is 90.9 cm³/mol. The van der Waals surface area contributed by atoms with E-state index >= 15 is 0 Å². The molecule has 0 saturated carbocycles.